The van der Waals surface area contributed by atoms with E-state index in [4.69, 9.17) is 4.74 Å². The lowest BCUT2D eigenvalue weighted by Gasteiger charge is -2.06. The normalized spacial score (nSPS) is 10.5. The second kappa shape index (κ2) is 6.47. The molecule has 116 valence electrons. The number of phenols is 1. The van der Waals surface area contributed by atoms with E-state index >= 15 is 0 Å². The SMILES string of the molecule is CCn1c(C)cc(C(=O)COC(=O)c2ccc(O)cc2)c1C. The van der Waals surface area contributed by atoms with Crippen molar-refractivity contribution in [1.29, 1.82) is 0 Å². The number of ketones is 1. The minimum Gasteiger partial charge on any atom is -0.508 e. The highest BCUT2D eigenvalue weighted by Crippen LogP contribution is 2.16. The fraction of sp³-hybridized carbons (Fsp3) is 0.294. The van der Waals surface area contributed by atoms with E-state index in [-0.39, 0.29) is 18.1 Å². The Hall–Kier alpha value is -2.56. The standard InChI is InChI=1S/C17H19NO4/c1-4-18-11(2)9-15(12(18)3)16(20)10-22-17(21)13-5-7-14(19)8-6-13/h5-9,19H,4,10H2,1-3H3. The molecule has 0 aliphatic carbocycles. The summed E-state index contributed by atoms with van der Waals surface area (Å²) < 4.78 is 7.08. The van der Waals surface area contributed by atoms with Gasteiger partial charge in [0.25, 0.3) is 0 Å². The van der Waals surface area contributed by atoms with Crippen molar-refractivity contribution < 1.29 is 19.4 Å². The Balaban J connectivity index is 2.04. The van der Waals surface area contributed by atoms with Gasteiger partial charge in [-0.05, 0) is 51.1 Å². The average Bonchev–Trinajstić information content (AvgIpc) is 2.79. The number of aromatic hydroxyl groups is 1. The second-order valence-electron chi connectivity index (χ2n) is 5.08. The molecule has 1 aromatic carbocycles. The van der Waals surface area contributed by atoms with Crippen LogP contribution in [0.1, 0.15) is 39.0 Å². The van der Waals surface area contributed by atoms with Gasteiger partial charge in [-0.3, -0.25) is 4.79 Å². The molecule has 0 amide bonds. The van der Waals surface area contributed by atoms with Gasteiger partial charge in [-0.1, -0.05) is 0 Å². The monoisotopic (exact) mass is 301 g/mol. The van der Waals surface area contributed by atoms with Gasteiger partial charge < -0.3 is 14.4 Å². The molecule has 2 aromatic rings. The third-order valence-corrected chi connectivity index (χ3v) is 3.63. The molecule has 22 heavy (non-hydrogen) atoms. The highest BCUT2D eigenvalue weighted by atomic mass is 16.5. The van der Waals surface area contributed by atoms with Crippen molar-refractivity contribution >= 4 is 11.8 Å². The Labute approximate surface area is 129 Å². The third-order valence-electron chi connectivity index (χ3n) is 3.63. The lowest BCUT2D eigenvalue weighted by Crippen LogP contribution is -2.15. The molecule has 0 saturated heterocycles. The second-order valence-corrected chi connectivity index (χ2v) is 5.08. The number of ether oxygens (including phenoxy) is 1. The van der Waals surface area contributed by atoms with E-state index in [1.807, 2.05) is 31.4 Å². The van der Waals surface area contributed by atoms with Gasteiger partial charge in [-0.2, -0.15) is 0 Å². The topological polar surface area (TPSA) is 68.5 Å². The number of Topliss-reactive ketones (excluding diaryl/α,β-unsaturated/α-hetero) is 1. The lowest BCUT2D eigenvalue weighted by atomic mass is 10.1. The van der Waals surface area contributed by atoms with Gasteiger partial charge in [-0.15, -0.1) is 0 Å². The molecule has 1 N–H and O–H groups in total. The van der Waals surface area contributed by atoms with Crippen LogP contribution in [0.4, 0.5) is 0 Å². The highest BCUT2D eigenvalue weighted by molar-refractivity contribution is 6.00. The van der Waals surface area contributed by atoms with Gasteiger partial charge in [0.05, 0.1) is 5.56 Å². The molecule has 2 rings (SSSR count). The van der Waals surface area contributed by atoms with Crippen LogP contribution in [-0.2, 0) is 11.3 Å². The van der Waals surface area contributed by atoms with Gasteiger partial charge in [0, 0.05) is 23.5 Å². The highest BCUT2D eigenvalue weighted by Gasteiger charge is 2.17. The molecule has 0 aliphatic heterocycles. The Bertz CT molecular complexity index is 698. The van der Waals surface area contributed by atoms with Crippen LogP contribution in [0, 0.1) is 13.8 Å². The summed E-state index contributed by atoms with van der Waals surface area (Å²) in [5.41, 5.74) is 2.77. The van der Waals surface area contributed by atoms with Crippen LogP contribution < -0.4 is 0 Å². The molecule has 0 bridgehead atoms. The van der Waals surface area contributed by atoms with Crippen LogP contribution in [0.15, 0.2) is 30.3 Å². The maximum Gasteiger partial charge on any atom is 0.338 e. The molecule has 0 unspecified atom stereocenters. The van der Waals surface area contributed by atoms with Crippen molar-refractivity contribution in [3.63, 3.8) is 0 Å². The van der Waals surface area contributed by atoms with Gasteiger partial charge in [0.15, 0.2) is 6.61 Å². The van der Waals surface area contributed by atoms with Crippen molar-refractivity contribution in [3.8, 4) is 5.75 Å². The minimum atomic E-state index is -0.586. The minimum absolute atomic E-state index is 0.0691. The number of benzene rings is 1. The first-order valence-electron chi connectivity index (χ1n) is 7.10. The van der Waals surface area contributed by atoms with Crippen LogP contribution >= 0.6 is 0 Å². The Morgan fingerprint density at radius 2 is 1.82 bits per heavy atom. The zero-order valence-electron chi connectivity index (χ0n) is 12.9. The molecule has 5 nitrogen and oxygen atoms in total. The number of phenolic OH excluding ortho intramolecular Hbond substituents is 1. The molecule has 0 atom stereocenters. The number of aromatic nitrogens is 1. The third kappa shape index (κ3) is 3.19. The van der Waals surface area contributed by atoms with Crippen LogP contribution in [0.2, 0.25) is 0 Å². The molecule has 1 aromatic heterocycles. The summed E-state index contributed by atoms with van der Waals surface area (Å²) in [6.07, 6.45) is 0. The van der Waals surface area contributed by atoms with Gasteiger partial charge in [0.1, 0.15) is 5.75 Å². The predicted molar refractivity (Wildman–Crippen MR) is 82.3 cm³/mol. The smallest absolute Gasteiger partial charge is 0.338 e. The summed E-state index contributed by atoms with van der Waals surface area (Å²) in [6, 6.07) is 7.51. The number of aryl methyl sites for hydroxylation is 1. The van der Waals surface area contributed by atoms with E-state index < -0.39 is 5.97 Å². The fourth-order valence-corrected chi connectivity index (χ4v) is 2.46. The van der Waals surface area contributed by atoms with Gasteiger partial charge >= 0.3 is 5.97 Å². The number of esters is 1. The number of nitrogens with zero attached hydrogens (tertiary/aromatic N) is 1. The van der Waals surface area contributed by atoms with E-state index in [0.29, 0.717) is 11.1 Å². The van der Waals surface area contributed by atoms with Crippen molar-refractivity contribution in [3.05, 3.63) is 52.8 Å². The molecule has 5 heteroatoms. The number of carbonyl (C=O) groups excluding carboxylic acids is 2. The first kappa shape index (κ1) is 15.8. The number of hydrogen-bond acceptors (Lipinski definition) is 4. The Morgan fingerprint density at radius 3 is 2.36 bits per heavy atom. The number of rotatable bonds is 5. The molecule has 1 heterocycles. The first-order valence-corrected chi connectivity index (χ1v) is 7.10. The van der Waals surface area contributed by atoms with E-state index in [2.05, 4.69) is 0 Å². The summed E-state index contributed by atoms with van der Waals surface area (Å²) >= 11 is 0. The molecule has 0 radical (unpaired) electrons. The zero-order chi connectivity index (χ0) is 16.3. The molecule has 0 fully saturated rings. The van der Waals surface area contributed by atoms with Crippen LogP contribution in [0.3, 0.4) is 0 Å². The predicted octanol–water partition coefficient (Wildman–Crippen LogP) is 2.87. The van der Waals surface area contributed by atoms with Crippen molar-refractivity contribution in [2.45, 2.75) is 27.3 Å². The van der Waals surface area contributed by atoms with Crippen molar-refractivity contribution in [1.82, 2.24) is 4.57 Å². The summed E-state index contributed by atoms with van der Waals surface area (Å²) in [4.78, 5) is 24.1. The van der Waals surface area contributed by atoms with E-state index in [1.54, 1.807) is 0 Å². The van der Waals surface area contributed by atoms with Gasteiger partial charge in [0.2, 0.25) is 5.78 Å². The summed E-state index contributed by atoms with van der Waals surface area (Å²) in [6.45, 7) is 6.33. The molecule has 0 aliphatic rings. The largest absolute Gasteiger partial charge is 0.508 e. The average molecular weight is 301 g/mol. The molecular formula is C17H19NO4. The fourth-order valence-electron chi connectivity index (χ4n) is 2.46. The van der Waals surface area contributed by atoms with E-state index in [0.717, 1.165) is 17.9 Å². The Kier molecular flexibility index (Phi) is 4.65. The molecule has 0 saturated carbocycles. The number of hydrogen-bond donors (Lipinski definition) is 1. The summed E-state index contributed by atoms with van der Waals surface area (Å²) in [7, 11) is 0. The maximum absolute atomic E-state index is 12.2. The van der Waals surface area contributed by atoms with Crippen molar-refractivity contribution in [2.24, 2.45) is 0 Å². The maximum atomic E-state index is 12.2. The summed E-state index contributed by atoms with van der Waals surface area (Å²) in [5, 5.41) is 9.18. The van der Waals surface area contributed by atoms with Crippen molar-refractivity contribution in [2.75, 3.05) is 6.61 Å². The zero-order valence-corrected chi connectivity index (χ0v) is 12.9. The van der Waals surface area contributed by atoms with Crippen LogP contribution in [0.5, 0.6) is 5.75 Å². The quantitative estimate of drug-likeness (QED) is 0.681. The summed E-state index contributed by atoms with van der Waals surface area (Å²) in [5.74, 6) is -0.739. The van der Waals surface area contributed by atoms with Crippen LogP contribution in [-0.4, -0.2) is 28.0 Å². The first-order chi connectivity index (χ1) is 10.4. The Morgan fingerprint density at radius 1 is 1.18 bits per heavy atom. The van der Waals surface area contributed by atoms with Gasteiger partial charge in [-0.25, -0.2) is 4.79 Å². The van der Waals surface area contributed by atoms with Crippen LogP contribution in [0.25, 0.3) is 0 Å². The van der Waals surface area contributed by atoms with E-state index in [1.165, 1.54) is 24.3 Å². The lowest BCUT2D eigenvalue weighted by molar-refractivity contribution is 0.0474. The molecule has 0 spiro atoms. The van der Waals surface area contributed by atoms with E-state index in [9.17, 15) is 14.7 Å². The number of carbonyl (C=O) groups is 2. The molecular weight excluding hydrogens is 282 g/mol.